The number of thiophene rings is 1. The lowest BCUT2D eigenvalue weighted by Crippen LogP contribution is -2.59. The standard InChI is InChI=1S/C67H79BrF3N17O17S/c1-44(89)75-84(61(97)36-79(2)56(92)40-87-66(101)105-65(78-87)53-25-24-52(106-53)47-16-20-50(68)21-17-47)42-60(96)83(34-46-14-11-15-49(32-46)67(69,70)71)39-62(98)85(76-55(91)33-45-12-5-4-6-13-45)43-63(99)86(77-64(100)48-18-22-51(23-19-48)88(102)103)41-59(95)82(30-31-104-3)38-58(94)81(29-10-8-27-73)37-57(93)80(35-54(74)90)28-9-7-26-72/h4-6,11-25,32H,7-10,26-31,33-43,72-73H2,1-3H3,(H2,74,90)(H,75,89)(H,76,91)(H,77,100). The average molecular weight is 1560 g/mol. The van der Waals surface area contributed by atoms with E-state index in [4.69, 9.17) is 26.4 Å². The highest BCUT2D eigenvalue weighted by Crippen LogP contribution is 2.34. The summed E-state index contributed by atoms with van der Waals surface area (Å²) in [5, 5.41) is 16.9. The van der Waals surface area contributed by atoms with Crippen molar-refractivity contribution in [3.05, 3.63) is 163 Å². The number of hydrogen-bond donors (Lipinski definition) is 6. The molecule has 0 unspecified atom stereocenters. The topological polar surface area (TPSA) is 445 Å². The Morgan fingerprint density at radius 2 is 1.15 bits per heavy atom. The second kappa shape index (κ2) is 40.7. The van der Waals surface area contributed by atoms with E-state index < -0.39 is 177 Å². The van der Waals surface area contributed by atoms with E-state index in [0.717, 1.165) is 84.9 Å². The largest absolute Gasteiger partial charge is 0.437 e. The number of ether oxygens (including phenoxy) is 1. The fourth-order valence-corrected chi connectivity index (χ4v) is 11.1. The number of carbonyl (C=O) groups excluding carboxylic acids is 12. The molecule has 0 radical (unpaired) electrons. The van der Waals surface area contributed by atoms with Crippen molar-refractivity contribution < 1.29 is 84.8 Å². The Morgan fingerprint density at radius 1 is 0.623 bits per heavy atom. The van der Waals surface area contributed by atoms with Crippen LogP contribution < -0.4 is 39.2 Å². The van der Waals surface area contributed by atoms with Crippen molar-refractivity contribution in [3.8, 4) is 21.2 Å². The second-order valence-corrected chi connectivity index (χ2v) is 25.6. The van der Waals surface area contributed by atoms with Gasteiger partial charge in [0.15, 0.2) is 0 Å². The number of methoxy groups -OCH3 is 1. The zero-order valence-electron chi connectivity index (χ0n) is 57.8. The zero-order valence-corrected chi connectivity index (χ0v) is 60.2. The third-order valence-corrected chi connectivity index (χ3v) is 17.1. The first kappa shape index (κ1) is 83.7. The van der Waals surface area contributed by atoms with Crippen molar-refractivity contribution >= 4 is 104 Å². The summed E-state index contributed by atoms with van der Waals surface area (Å²) in [5.41, 5.74) is 22.4. The van der Waals surface area contributed by atoms with Crippen LogP contribution in [0.15, 0.2) is 129 Å². The number of carbonyl (C=O) groups is 12. The van der Waals surface area contributed by atoms with Crippen molar-refractivity contribution in [1.29, 1.82) is 0 Å². The number of non-ortho nitro benzene ring substituents is 1. The SMILES string of the molecule is COCCN(CC(=O)N(CCCCN)CC(=O)N(CCCCN)CC(N)=O)C(=O)CN(NC(=O)c1ccc([N+](=O)[O-])cc1)C(=O)CN(NC(=O)Cc1ccccc1)C(=O)CN(Cc1cccc(C(F)(F)F)c1)C(=O)CN(NC(C)=O)C(=O)CN(C)C(=O)Cn1nc(-c2ccc(-c3ccc(Br)cc3)s2)oc1=O. The van der Waals surface area contributed by atoms with E-state index in [9.17, 15) is 76.0 Å². The van der Waals surface area contributed by atoms with Gasteiger partial charge < -0.3 is 50.9 Å². The number of unbranched alkanes of at least 4 members (excludes halogenated alkanes) is 2. The predicted molar refractivity (Wildman–Crippen MR) is 377 cm³/mol. The number of hydrazine groups is 3. The van der Waals surface area contributed by atoms with Crippen LogP contribution in [0.25, 0.3) is 21.2 Å². The van der Waals surface area contributed by atoms with E-state index in [1.807, 2.05) is 24.3 Å². The number of alkyl halides is 3. The Morgan fingerprint density at radius 3 is 1.74 bits per heavy atom. The number of likely N-dealkylation sites (N-methyl/N-ethyl adjacent to an activating group) is 1. The molecule has 0 saturated heterocycles. The highest BCUT2D eigenvalue weighted by atomic mass is 79.9. The molecule has 39 heteroatoms. The van der Waals surface area contributed by atoms with Gasteiger partial charge in [-0.1, -0.05) is 70.5 Å². The molecule has 34 nitrogen and oxygen atoms in total. The molecule has 0 aliphatic carbocycles. The Balaban J connectivity index is 1.32. The lowest BCUT2D eigenvalue weighted by atomic mass is 10.1. The number of hydrogen-bond acceptors (Lipinski definition) is 21. The highest BCUT2D eigenvalue weighted by Gasteiger charge is 2.35. The molecule has 2 heterocycles. The van der Waals surface area contributed by atoms with Gasteiger partial charge in [0.2, 0.25) is 47.3 Å². The monoisotopic (exact) mass is 1560 g/mol. The fourth-order valence-electron chi connectivity index (χ4n) is 9.93. The Kier molecular flexibility index (Phi) is 32.1. The number of amides is 12. The molecule has 0 spiro atoms. The van der Waals surface area contributed by atoms with Gasteiger partial charge in [0.25, 0.3) is 35.2 Å². The molecule has 6 aromatic rings. The summed E-state index contributed by atoms with van der Waals surface area (Å²) in [5.74, 6) is -14.1. The lowest BCUT2D eigenvalue weighted by Gasteiger charge is -2.32. The van der Waals surface area contributed by atoms with Crippen LogP contribution in [0, 0.1) is 10.1 Å². The normalized spacial score (nSPS) is 11.0. The Hall–Kier alpha value is -11.3. The molecule has 9 N–H and O–H groups in total. The summed E-state index contributed by atoms with van der Waals surface area (Å²) in [6.45, 7) is -8.95. The number of nitro groups is 1. The van der Waals surface area contributed by atoms with Crippen LogP contribution in [-0.4, -0.2) is 231 Å². The van der Waals surface area contributed by atoms with Crippen molar-refractivity contribution in [2.24, 2.45) is 17.2 Å². The third-order valence-electron chi connectivity index (χ3n) is 15.4. The first-order valence-electron chi connectivity index (χ1n) is 32.6. The van der Waals surface area contributed by atoms with Crippen LogP contribution in [0.1, 0.15) is 59.7 Å². The molecular weight excluding hydrogens is 1480 g/mol. The van der Waals surface area contributed by atoms with E-state index >= 15 is 9.59 Å². The minimum Gasteiger partial charge on any atom is -0.387 e. The molecule has 2 aromatic heterocycles. The molecule has 0 aliphatic rings. The lowest BCUT2D eigenvalue weighted by molar-refractivity contribution is -0.384. The molecule has 6 rings (SSSR count). The number of nitrogens with one attached hydrogen (secondary N) is 3. The molecule has 0 fully saturated rings. The van der Waals surface area contributed by atoms with E-state index in [1.165, 1.54) is 30.6 Å². The van der Waals surface area contributed by atoms with E-state index in [2.05, 4.69) is 37.3 Å². The van der Waals surface area contributed by atoms with E-state index in [0.29, 0.717) is 66.4 Å². The minimum atomic E-state index is -4.96. The number of aromatic nitrogens is 2. The number of primary amides is 1. The van der Waals surface area contributed by atoms with Crippen LogP contribution in [-0.2, 0) is 83.2 Å². The molecule has 568 valence electrons. The Labute approximate surface area is 616 Å². The summed E-state index contributed by atoms with van der Waals surface area (Å²) in [6.07, 6.45) is -3.97. The number of nitrogens with zero attached hydrogens (tertiary/aromatic N) is 11. The van der Waals surface area contributed by atoms with Crippen molar-refractivity contribution in [1.82, 2.24) is 65.6 Å². The summed E-state index contributed by atoms with van der Waals surface area (Å²) >= 11 is 4.63. The second-order valence-electron chi connectivity index (χ2n) is 23.6. The van der Waals surface area contributed by atoms with Gasteiger partial charge in [-0.3, -0.25) is 83.9 Å². The van der Waals surface area contributed by atoms with Crippen LogP contribution in [0.2, 0.25) is 0 Å². The maximum atomic E-state index is 15.1. The van der Waals surface area contributed by atoms with Gasteiger partial charge in [-0.05, 0) is 104 Å². The van der Waals surface area contributed by atoms with E-state index in [-0.39, 0.29) is 56.2 Å². The van der Waals surface area contributed by atoms with Gasteiger partial charge in [0, 0.05) is 74.3 Å². The first-order chi connectivity index (χ1) is 50.4. The number of nitro benzene ring substituents is 1. The fraction of sp³-hybridized carbons (Fsp3) is 0.373. The van der Waals surface area contributed by atoms with Crippen LogP contribution in [0.4, 0.5) is 18.9 Å². The summed E-state index contributed by atoms with van der Waals surface area (Å²) < 4.78 is 54.9. The molecule has 0 aliphatic heterocycles. The van der Waals surface area contributed by atoms with Crippen LogP contribution in [0.5, 0.6) is 0 Å². The van der Waals surface area contributed by atoms with Gasteiger partial charge in [-0.2, -0.15) is 17.9 Å². The van der Waals surface area contributed by atoms with Gasteiger partial charge >= 0.3 is 11.9 Å². The van der Waals surface area contributed by atoms with Gasteiger partial charge in [0.1, 0.15) is 39.3 Å². The summed E-state index contributed by atoms with van der Waals surface area (Å²) in [7, 11) is 2.39. The minimum absolute atomic E-state index is 0.0493. The summed E-state index contributed by atoms with van der Waals surface area (Å²) in [6, 6.07) is 25.9. The van der Waals surface area contributed by atoms with Gasteiger partial charge in [0.05, 0.1) is 48.0 Å². The number of halogens is 4. The van der Waals surface area contributed by atoms with Crippen molar-refractivity contribution in [2.75, 3.05) is 106 Å². The zero-order chi connectivity index (χ0) is 77.8. The maximum Gasteiger partial charge on any atom is 0.437 e. The highest BCUT2D eigenvalue weighted by molar-refractivity contribution is 9.10. The van der Waals surface area contributed by atoms with Gasteiger partial charge in [-0.25, -0.2) is 19.8 Å². The average Bonchev–Trinajstić information content (AvgIpc) is 1.63. The molecule has 0 atom stereocenters. The maximum absolute atomic E-state index is 15.1. The van der Waals surface area contributed by atoms with Crippen LogP contribution in [0.3, 0.4) is 0 Å². The third kappa shape index (κ3) is 26.4. The molecule has 4 aromatic carbocycles. The number of nitrogens with two attached hydrogens (primary N) is 3. The molecular formula is C67H79BrF3N17O17S. The molecule has 0 bridgehead atoms. The summed E-state index contributed by atoms with van der Waals surface area (Å²) in [4.78, 5) is 198. The molecule has 0 saturated carbocycles. The van der Waals surface area contributed by atoms with Crippen molar-refractivity contribution in [2.45, 2.75) is 58.3 Å². The predicted octanol–water partition coefficient (Wildman–Crippen LogP) is 1.66. The number of rotatable bonds is 37. The Bertz CT molecular complexity index is 4170. The van der Waals surface area contributed by atoms with Gasteiger partial charge in [-0.15, -0.1) is 16.4 Å². The smallest absolute Gasteiger partial charge is 0.387 e. The van der Waals surface area contributed by atoms with Crippen molar-refractivity contribution in [3.63, 3.8) is 0 Å². The van der Waals surface area contributed by atoms with E-state index in [1.54, 1.807) is 30.3 Å². The quantitative estimate of drug-likeness (QED) is 0.0183. The van der Waals surface area contributed by atoms with Crippen LogP contribution >= 0.6 is 27.3 Å². The first-order valence-corrected chi connectivity index (χ1v) is 34.2. The molecule has 106 heavy (non-hydrogen) atoms. The number of benzene rings is 4. The molecule has 12 amide bonds.